The van der Waals surface area contributed by atoms with Crippen molar-refractivity contribution >= 4 is 26.0 Å². The van der Waals surface area contributed by atoms with Gasteiger partial charge in [-0.3, -0.25) is 4.79 Å². The minimum Gasteiger partial charge on any atom is -0.338 e. The van der Waals surface area contributed by atoms with Gasteiger partial charge in [0.15, 0.2) is 0 Å². The van der Waals surface area contributed by atoms with Crippen LogP contribution in [0.3, 0.4) is 0 Å². The van der Waals surface area contributed by atoms with Crippen molar-refractivity contribution in [3.05, 3.63) is 60.2 Å². The first-order valence-electron chi connectivity index (χ1n) is 8.19. The molecule has 0 bridgehead atoms. The maximum atomic E-state index is 12.8. The average molecular weight is 327 g/mol. The number of hydrogen-bond acceptors (Lipinski definition) is 1. The molecule has 1 heterocycles. The third-order valence-electron chi connectivity index (χ3n) is 4.12. The van der Waals surface area contributed by atoms with Crippen LogP contribution in [-0.4, -0.2) is 23.9 Å². The summed E-state index contributed by atoms with van der Waals surface area (Å²) in [5.41, 5.74) is 2.61. The molecule has 1 unspecified atom stereocenters. The van der Waals surface area contributed by atoms with Crippen LogP contribution in [0.5, 0.6) is 0 Å². The fourth-order valence-electron chi connectivity index (χ4n) is 2.93. The van der Waals surface area contributed by atoms with E-state index >= 15 is 0 Å². The Hall–Kier alpha value is -1.66. The van der Waals surface area contributed by atoms with Gasteiger partial charge in [0.05, 0.1) is 0 Å². The van der Waals surface area contributed by atoms with Crippen molar-refractivity contribution in [2.45, 2.75) is 26.7 Å². The number of piperidine rings is 1. The number of nitrogens with zero attached hydrogens (tertiary/aromatic N) is 1. The molecule has 2 nitrogen and oxygen atoms in total. The Balaban J connectivity index is 2.23. The molecule has 0 aliphatic carbocycles. The van der Waals surface area contributed by atoms with E-state index < -0.39 is 0 Å². The summed E-state index contributed by atoms with van der Waals surface area (Å²) in [6.07, 6.45) is 8.00. The number of allylic oxidation sites excluding steroid dienone is 3. The number of hydrogen-bond donors (Lipinski definition) is 0. The van der Waals surface area contributed by atoms with Crippen LogP contribution in [0.15, 0.2) is 54.6 Å². The van der Waals surface area contributed by atoms with Crippen molar-refractivity contribution in [2.24, 2.45) is 5.92 Å². The van der Waals surface area contributed by atoms with Gasteiger partial charge in [-0.2, -0.15) is 0 Å². The van der Waals surface area contributed by atoms with E-state index in [2.05, 4.69) is 28.8 Å². The average Bonchev–Trinajstić information content (AvgIpc) is 2.53. The summed E-state index contributed by atoms with van der Waals surface area (Å²) >= 11 is 0. The van der Waals surface area contributed by atoms with Gasteiger partial charge in [0.2, 0.25) is 0 Å². The van der Waals surface area contributed by atoms with Gasteiger partial charge >= 0.3 is 0 Å². The van der Waals surface area contributed by atoms with E-state index in [1.165, 1.54) is 6.42 Å². The predicted octanol–water partition coefficient (Wildman–Crippen LogP) is 3.96. The van der Waals surface area contributed by atoms with Crippen molar-refractivity contribution in [2.75, 3.05) is 13.1 Å². The molecule has 0 N–H and O–H groups in total. The Morgan fingerprint density at radius 3 is 2.87 bits per heavy atom. The highest BCUT2D eigenvalue weighted by atomic mass is 31.0. The minimum atomic E-state index is 0.109. The van der Waals surface area contributed by atoms with Gasteiger partial charge < -0.3 is 4.90 Å². The number of amides is 1. The van der Waals surface area contributed by atoms with E-state index in [1.807, 2.05) is 48.3 Å². The van der Waals surface area contributed by atoms with Crippen molar-refractivity contribution in [1.29, 1.82) is 0 Å². The minimum absolute atomic E-state index is 0.109. The number of benzene rings is 1. The van der Waals surface area contributed by atoms with Gasteiger partial charge in [-0.15, -0.1) is 9.24 Å². The summed E-state index contributed by atoms with van der Waals surface area (Å²) in [7, 11) is 2.69. The third-order valence-corrected chi connectivity index (χ3v) is 4.48. The number of likely N-dealkylation sites (tertiary alicyclic amines) is 1. The smallest absolute Gasteiger partial charge is 0.253 e. The lowest BCUT2D eigenvalue weighted by atomic mass is 9.98. The van der Waals surface area contributed by atoms with E-state index in [0.29, 0.717) is 11.5 Å². The highest BCUT2D eigenvalue weighted by Crippen LogP contribution is 2.21. The van der Waals surface area contributed by atoms with Crippen molar-refractivity contribution in [3.8, 4) is 0 Å². The van der Waals surface area contributed by atoms with Crippen LogP contribution in [0.2, 0.25) is 0 Å². The highest BCUT2D eigenvalue weighted by molar-refractivity contribution is 7.27. The summed E-state index contributed by atoms with van der Waals surface area (Å²) in [6, 6.07) is 8.11. The molecule has 1 saturated heterocycles. The molecule has 122 valence electrons. The van der Waals surface area contributed by atoms with Crippen LogP contribution in [-0.2, 0) is 4.79 Å². The monoisotopic (exact) mass is 327 g/mol. The molecule has 0 radical (unpaired) electrons. The molecule has 0 saturated carbocycles. The molecule has 1 aliphatic rings. The quantitative estimate of drug-likeness (QED) is 0.466. The zero-order chi connectivity index (χ0) is 16.8. The van der Waals surface area contributed by atoms with Crippen LogP contribution < -0.4 is 5.30 Å². The molecule has 0 aromatic heterocycles. The molecule has 1 aromatic rings. The second kappa shape index (κ2) is 8.26. The van der Waals surface area contributed by atoms with Crippen LogP contribution in [0.4, 0.5) is 0 Å². The molecule has 1 amide bonds. The third kappa shape index (κ3) is 4.91. The summed E-state index contributed by atoms with van der Waals surface area (Å²) in [6.45, 7) is 9.99. The first-order chi connectivity index (χ1) is 11.0. The van der Waals surface area contributed by atoms with E-state index in [9.17, 15) is 4.79 Å². The van der Waals surface area contributed by atoms with Gasteiger partial charge in [0.1, 0.15) is 0 Å². The zero-order valence-corrected chi connectivity index (χ0v) is 15.2. The lowest BCUT2D eigenvalue weighted by molar-refractivity contribution is -0.128. The summed E-state index contributed by atoms with van der Waals surface area (Å²) in [4.78, 5) is 14.8. The van der Waals surface area contributed by atoms with E-state index in [4.69, 9.17) is 0 Å². The Labute approximate surface area is 142 Å². The highest BCUT2D eigenvalue weighted by Gasteiger charge is 2.22. The zero-order valence-electron chi connectivity index (χ0n) is 14.1. The molecule has 2 atom stereocenters. The Morgan fingerprint density at radius 2 is 2.22 bits per heavy atom. The SMILES string of the molecule is C=C(/C=C(\C=C/C)C(=O)N1CCC[C@H](C)C1)c1cccc(P)c1. The van der Waals surface area contributed by atoms with E-state index in [0.717, 1.165) is 36.0 Å². The molecule has 3 heteroatoms. The molecule has 2 rings (SSSR count). The summed E-state index contributed by atoms with van der Waals surface area (Å²) in [5.74, 6) is 0.689. The van der Waals surface area contributed by atoms with Gasteiger partial charge in [0.25, 0.3) is 5.91 Å². The summed E-state index contributed by atoms with van der Waals surface area (Å²) < 4.78 is 0. The van der Waals surface area contributed by atoms with Crippen molar-refractivity contribution in [1.82, 2.24) is 4.90 Å². The molecule has 1 aromatic carbocycles. The van der Waals surface area contributed by atoms with Crippen molar-refractivity contribution in [3.63, 3.8) is 0 Å². The van der Waals surface area contributed by atoms with Crippen molar-refractivity contribution < 1.29 is 4.79 Å². The van der Waals surface area contributed by atoms with E-state index in [-0.39, 0.29) is 5.91 Å². The number of rotatable bonds is 4. The van der Waals surface area contributed by atoms with Gasteiger partial charge in [-0.05, 0) is 54.3 Å². The maximum Gasteiger partial charge on any atom is 0.253 e. The first-order valence-corrected chi connectivity index (χ1v) is 8.77. The van der Waals surface area contributed by atoms with Crippen LogP contribution >= 0.6 is 9.24 Å². The van der Waals surface area contributed by atoms with Crippen LogP contribution in [0.25, 0.3) is 5.57 Å². The molecular formula is C20H26NOP. The molecule has 1 aliphatic heterocycles. The Bertz CT molecular complexity index is 645. The van der Waals surface area contributed by atoms with Gasteiger partial charge in [-0.25, -0.2) is 0 Å². The number of carbonyl (C=O) groups excluding carboxylic acids is 1. The van der Waals surface area contributed by atoms with Gasteiger partial charge in [0, 0.05) is 18.7 Å². The fourth-order valence-corrected chi connectivity index (χ4v) is 3.22. The number of carbonyl (C=O) groups is 1. The van der Waals surface area contributed by atoms with Gasteiger partial charge in [-0.1, -0.05) is 43.9 Å². The lowest BCUT2D eigenvalue weighted by Gasteiger charge is -2.31. The van der Waals surface area contributed by atoms with Crippen LogP contribution in [0, 0.1) is 5.92 Å². The molecule has 0 spiro atoms. The summed E-state index contributed by atoms with van der Waals surface area (Å²) in [5, 5.41) is 1.11. The second-order valence-electron chi connectivity index (χ2n) is 6.25. The standard InChI is InChI=1S/C20H26NOP/c1-4-7-18(20(22)21-11-6-8-15(2)14-21)12-16(3)17-9-5-10-19(23)13-17/h4-5,7,9-10,12-13,15H,3,6,8,11,14,23H2,1-2H3/b7-4-,18-12+/t15-/m0/s1. The normalized spacial score (nSPS) is 19.2. The van der Waals surface area contributed by atoms with E-state index in [1.54, 1.807) is 0 Å². The largest absolute Gasteiger partial charge is 0.338 e. The molecular weight excluding hydrogens is 301 g/mol. The second-order valence-corrected chi connectivity index (χ2v) is 6.92. The molecule has 23 heavy (non-hydrogen) atoms. The predicted molar refractivity (Wildman–Crippen MR) is 103 cm³/mol. The Kier molecular flexibility index (Phi) is 6.36. The topological polar surface area (TPSA) is 20.3 Å². The first kappa shape index (κ1) is 17.7. The van der Waals surface area contributed by atoms with Crippen LogP contribution in [0.1, 0.15) is 32.3 Å². The Morgan fingerprint density at radius 1 is 1.43 bits per heavy atom. The molecule has 1 fully saturated rings. The fraction of sp³-hybridized carbons (Fsp3) is 0.350. The lowest BCUT2D eigenvalue weighted by Crippen LogP contribution is -2.39. The maximum absolute atomic E-state index is 12.8.